The zero-order valence-corrected chi connectivity index (χ0v) is 10.2. The third kappa shape index (κ3) is 6.35. The minimum Gasteiger partial charge on any atom is -0.380 e. The summed E-state index contributed by atoms with van der Waals surface area (Å²) in [7, 11) is 0. The van der Waals surface area contributed by atoms with Gasteiger partial charge in [-0.25, -0.2) is 0 Å². The summed E-state index contributed by atoms with van der Waals surface area (Å²) >= 11 is 0. The molecule has 86 valence electrons. The molecule has 0 heterocycles. The Balaban J connectivity index is 3.78. The highest BCUT2D eigenvalue weighted by Crippen LogP contribution is 2.07. The van der Waals surface area contributed by atoms with Crippen LogP contribution in [0.4, 0.5) is 0 Å². The third-order valence-corrected chi connectivity index (χ3v) is 2.60. The van der Waals surface area contributed by atoms with E-state index in [2.05, 4.69) is 25.7 Å². The lowest BCUT2D eigenvalue weighted by Crippen LogP contribution is -2.48. The molecule has 0 amide bonds. The van der Waals surface area contributed by atoms with E-state index < -0.39 is 0 Å². The van der Waals surface area contributed by atoms with Gasteiger partial charge < -0.3 is 10.5 Å². The molecular weight excluding hydrogens is 176 g/mol. The van der Waals surface area contributed by atoms with E-state index in [0.29, 0.717) is 0 Å². The first-order valence-corrected chi connectivity index (χ1v) is 5.64. The monoisotopic (exact) mass is 202 g/mol. The summed E-state index contributed by atoms with van der Waals surface area (Å²) in [6.45, 7) is 13.0. The van der Waals surface area contributed by atoms with E-state index in [1.807, 2.05) is 6.92 Å². The van der Waals surface area contributed by atoms with Gasteiger partial charge in [0.05, 0.1) is 6.61 Å². The molecule has 0 aliphatic carbocycles. The van der Waals surface area contributed by atoms with Gasteiger partial charge in [0.15, 0.2) is 0 Å². The van der Waals surface area contributed by atoms with Crippen LogP contribution in [0.1, 0.15) is 34.1 Å². The van der Waals surface area contributed by atoms with Crippen LogP contribution in [-0.4, -0.2) is 43.3 Å². The quantitative estimate of drug-likeness (QED) is 0.606. The molecule has 0 fully saturated rings. The van der Waals surface area contributed by atoms with Crippen molar-refractivity contribution in [3.05, 3.63) is 0 Å². The molecule has 0 saturated heterocycles. The fraction of sp³-hybridized carbons (Fsp3) is 1.00. The Kier molecular flexibility index (Phi) is 7.15. The highest BCUT2D eigenvalue weighted by molar-refractivity contribution is 4.80. The van der Waals surface area contributed by atoms with Gasteiger partial charge in [-0.2, -0.15) is 0 Å². The lowest BCUT2D eigenvalue weighted by molar-refractivity contribution is 0.106. The Bertz CT molecular complexity index is 137. The fourth-order valence-electron chi connectivity index (χ4n) is 1.31. The van der Waals surface area contributed by atoms with Crippen molar-refractivity contribution in [3.8, 4) is 0 Å². The second kappa shape index (κ2) is 7.21. The largest absolute Gasteiger partial charge is 0.380 e. The molecule has 0 aliphatic rings. The van der Waals surface area contributed by atoms with Gasteiger partial charge in [-0.1, -0.05) is 13.8 Å². The summed E-state index contributed by atoms with van der Waals surface area (Å²) in [6, 6.07) is 0. The van der Waals surface area contributed by atoms with E-state index >= 15 is 0 Å². The number of nitrogens with two attached hydrogens (primary N) is 1. The topological polar surface area (TPSA) is 38.5 Å². The molecule has 0 aromatic carbocycles. The summed E-state index contributed by atoms with van der Waals surface area (Å²) in [5.41, 5.74) is 6.05. The number of hydrogen-bond acceptors (Lipinski definition) is 3. The van der Waals surface area contributed by atoms with E-state index in [-0.39, 0.29) is 5.54 Å². The average molecular weight is 202 g/mol. The van der Waals surface area contributed by atoms with Gasteiger partial charge >= 0.3 is 0 Å². The number of likely N-dealkylation sites (N-methyl/N-ethyl adjacent to an activating group) is 1. The first kappa shape index (κ1) is 13.9. The van der Waals surface area contributed by atoms with Crippen molar-refractivity contribution in [2.24, 2.45) is 5.73 Å². The van der Waals surface area contributed by atoms with Crippen LogP contribution in [0.15, 0.2) is 0 Å². The Morgan fingerprint density at radius 2 is 1.93 bits per heavy atom. The first-order valence-electron chi connectivity index (χ1n) is 5.64. The Morgan fingerprint density at radius 3 is 2.36 bits per heavy atom. The van der Waals surface area contributed by atoms with Gasteiger partial charge in [0.1, 0.15) is 0 Å². The molecule has 0 bridgehead atoms. The van der Waals surface area contributed by atoms with Crippen molar-refractivity contribution >= 4 is 0 Å². The van der Waals surface area contributed by atoms with Crippen LogP contribution >= 0.6 is 0 Å². The first-order chi connectivity index (χ1) is 6.55. The Labute approximate surface area is 88.6 Å². The molecule has 0 aromatic heterocycles. The number of ether oxygens (including phenoxy) is 1. The summed E-state index contributed by atoms with van der Waals surface area (Å²) in [5, 5.41) is 0. The lowest BCUT2D eigenvalue weighted by Gasteiger charge is -2.30. The zero-order chi connectivity index (χ0) is 11.0. The van der Waals surface area contributed by atoms with Gasteiger partial charge in [0, 0.05) is 25.2 Å². The molecular formula is C11H26N2O. The minimum atomic E-state index is -0.0672. The normalized spacial score (nSPS) is 15.9. The number of nitrogens with zero attached hydrogens (tertiary/aromatic N) is 1. The number of hydrogen-bond donors (Lipinski definition) is 1. The zero-order valence-electron chi connectivity index (χ0n) is 10.2. The van der Waals surface area contributed by atoms with Crippen molar-refractivity contribution in [2.45, 2.75) is 39.7 Å². The van der Waals surface area contributed by atoms with Crippen LogP contribution in [-0.2, 0) is 4.74 Å². The SMILES string of the molecule is CCOCCN(CC)CC(C)(N)CC. The van der Waals surface area contributed by atoms with E-state index in [0.717, 1.165) is 39.3 Å². The predicted molar refractivity (Wildman–Crippen MR) is 61.5 cm³/mol. The maximum absolute atomic E-state index is 6.11. The summed E-state index contributed by atoms with van der Waals surface area (Å²) in [6.07, 6.45) is 1.01. The maximum atomic E-state index is 6.11. The second-order valence-electron chi connectivity index (χ2n) is 4.07. The Morgan fingerprint density at radius 1 is 1.29 bits per heavy atom. The molecule has 3 heteroatoms. The smallest absolute Gasteiger partial charge is 0.0593 e. The molecule has 0 rings (SSSR count). The van der Waals surface area contributed by atoms with Crippen molar-refractivity contribution in [1.82, 2.24) is 4.90 Å². The van der Waals surface area contributed by atoms with E-state index in [1.165, 1.54) is 0 Å². The second-order valence-corrected chi connectivity index (χ2v) is 4.07. The van der Waals surface area contributed by atoms with Crippen molar-refractivity contribution in [3.63, 3.8) is 0 Å². The van der Waals surface area contributed by atoms with Gasteiger partial charge in [-0.05, 0) is 26.8 Å². The number of rotatable bonds is 8. The molecule has 0 saturated carbocycles. The molecule has 0 spiro atoms. The van der Waals surface area contributed by atoms with Gasteiger partial charge in [0.2, 0.25) is 0 Å². The third-order valence-electron chi connectivity index (χ3n) is 2.60. The van der Waals surface area contributed by atoms with Gasteiger partial charge in [-0.3, -0.25) is 4.90 Å². The molecule has 0 aromatic rings. The van der Waals surface area contributed by atoms with Gasteiger partial charge in [0.25, 0.3) is 0 Å². The van der Waals surface area contributed by atoms with Crippen LogP contribution in [0.2, 0.25) is 0 Å². The standard InChI is InChI=1S/C11H26N2O/c1-5-11(4,12)10-13(6-2)8-9-14-7-3/h5-10,12H2,1-4H3. The molecule has 2 N–H and O–H groups in total. The van der Waals surface area contributed by atoms with Crippen LogP contribution in [0.5, 0.6) is 0 Å². The fourth-order valence-corrected chi connectivity index (χ4v) is 1.31. The Hall–Kier alpha value is -0.120. The molecule has 0 aliphatic heterocycles. The van der Waals surface area contributed by atoms with Crippen LogP contribution < -0.4 is 5.73 Å². The summed E-state index contributed by atoms with van der Waals surface area (Å²) in [5.74, 6) is 0. The van der Waals surface area contributed by atoms with E-state index in [9.17, 15) is 0 Å². The minimum absolute atomic E-state index is 0.0672. The predicted octanol–water partition coefficient (Wildman–Crippen LogP) is 1.47. The highest BCUT2D eigenvalue weighted by Gasteiger charge is 2.18. The molecule has 3 nitrogen and oxygen atoms in total. The molecule has 1 unspecified atom stereocenters. The van der Waals surface area contributed by atoms with Crippen LogP contribution in [0.3, 0.4) is 0 Å². The van der Waals surface area contributed by atoms with Crippen LogP contribution in [0, 0.1) is 0 Å². The van der Waals surface area contributed by atoms with Crippen LogP contribution in [0.25, 0.3) is 0 Å². The molecule has 1 atom stereocenters. The van der Waals surface area contributed by atoms with Crippen molar-refractivity contribution < 1.29 is 4.74 Å². The van der Waals surface area contributed by atoms with Crippen molar-refractivity contribution in [2.75, 3.05) is 32.8 Å². The summed E-state index contributed by atoms with van der Waals surface area (Å²) < 4.78 is 5.33. The van der Waals surface area contributed by atoms with Crippen molar-refractivity contribution in [1.29, 1.82) is 0 Å². The average Bonchev–Trinajstić information content (AvgIpc) is 2.16. The van der Waals surface area contributed by atoms with E-state index in [4.69, 9.17) is 10.5 Å². The maximum Gasteiger partial charge on any atom is 0.0593 e. The summed E-state index contributed by atoms with van der Waals surface area (Å²) in [4.78, 5) is 2.35. The molecule has 14 heavy (non-hydrogen) atoms. The van der Waals surface area contributed by atoms with E-state index in [1.54, 1.807) is 0 Å². The van der Waals surface area contributed by atoms with Gasteiger partial charge in [-0.15, -0.1) is 0 Å². The molecule has 0 radical (unpaired) electrons. The highest BCUT2D eigenvalue weighted by atomic mass is 16.5. The lowest BCUT2D eigenvalue weighted by atomic mass is 10.00.